The average molecular weight is 599 g/mol. The second kappa shape index (κ2) is 12.7. The molecular formula is C33H37ClF2N2O2S. The number of likely N-dealkylation sites (tertiary alicyclic amines) is 1. The number of hydrogen-bond acceptors (Lipinski definition) is 4. The van der Waals surface area contributed by atoms with Crippen molar-refractivity contribution in [1.29, 1.82) is 0 Å². The Morgan fingerprint density at radius 1 is 0.927 bits per heavy atom. The van der Waals surface area contributed by atoms with Gasteiger partial charge in [0.15, 0.2) is 9.84 Å². The Balaban J connectivity index is 1.42. The van der Waals surface area contributed by atoms with E-state index >= 15 is 0 Å². The van der Waals surface area contributed by atoms with Crippen molar-refractivity contribution in [2.24, 2.45) is 0 Å². The van der Waals surface area contributed by atoms with E-state index in [0.29, 0.717) is 29.7 Å². The van der Waals surface area contributed by atoms with Gasteiger partial charge in [-0.2, -0.15) is 0 Å². The summed E-state index contributed by atoms with van der Waals surface area (Å²) in [6.07, 6.45) is 7.59. The number of nitrogens with zero attached hydrogens (tertiary/aromatic N) is 2. The van der Waals surface area contributed by atoms with Gasteiger partial charge in [0.05, 0.1) is 10.9 Å². The molecule has 1 atom stereocenters. The predicted molar refractivity (Wildman–Crippen MR) is 162 cm³/mol. The molecule has 0 radical (unpaired) electrons. The van der Waals surface area contributed by atoms with E-state index in [-0.39, 0.29) is 16.5 Å². The summed E-state index contributed by atoms with van der Waals surface area (Å²) in [4.78, 5) is 4.76. The van der Waals surface area contributed by atoms with Gasteiger partial charge < -0.3 is 0 Å². The Bertz CT molecular complexity index is 1470. The van der Waals surface area contributed by atoms with Crippen molar-refractivity contribution in [3.63, 3.8) is 0 Å². The van der Waals surface area contributed by atoms with E-state index in [4.69, 9.17) is 11.6 Å². The summed E-state index contributed by atoms with van der Waals surface area (Å²) >= 11 is 6.19. The van der Waals surface area contributed by atoms with Crippen LogP contribution in [0.15, 0.2) is 72.3 Å². The molecule has 0 unspecified atom stereocenters. The summed E-state index contributed by atoms with van der Waals surface area (Å²) in [7, 11) is -3.73. The monoisotopic (exact) mass is 598 g/mol. The Kier molecular flexibility index (Phi) is 9.29. The molecule has 4 nitrogen and oxygen atoms in total. The van der Waals surface area contributed by atoms with Crippen LogP contribution in [-0.4, -0.2) is 50.1 Å². The number of benzene rings is 3. The molecule has 8 heteroatoms. The molecule has 1 saturated carbocycles. The minimum Gasteiger partial charge on any atom is -0.296 e. The highest BCUT2D eigenvalue weighted by molar-refractivity contribution is 8.00. The van der Waals surface area contributed by atoms with E-state index in [1.807, 2.05) is 24.3 Å². The summed E-state index contributed by atoms with van der Waals surface area (Å²) in [5.41, 5.74) is 4.09. The molecule has 0 spiro atoms. The molecule has 1 aliphatic heterocycles. The van der Waals surface area contributed by atoms with Crippen LogP contribution < -0.4 is 0 Å². The van der Waals surface area contributed by atoms with E-state index in [1.165, 1.54) is 37.7 Å². The van der Waals surface area contributed by atoms with Gasteiger partial charge in [-0.05, 0) is 71.5 Å². The van der Waals surface area contributed by atoms with Gasteiger partial charge in [-0.15, -0.1) is 0 Å². The molecule has 5 rings (SSSR count). The van der Waals surface area contributed by atoms with Gasteiger partial charge in [0.1, 0.15) is 11.6 Å². The zero-order valence-corrected chi connectivity index (χ0v) is 25.2. The first-order chi connectivity index (χ1) is 19.6. The standard InChI is InChI=1S/C33H37ClF2N2O2S/c1-3-37(31-7-5-4-6-8-31)20-23-9-11-24(12-10-23)32(25-13-15-28(34)16-14-25)38-21-27(22-38)33(41(2,39)40)26-17-29(35)19-30(36)18-26/h9-19,31-32H,3-8,20-22H2,1-2H3/t32-/m0/s1. The molecule has 3 aromatic rings. The third-order valence-corrected chi connectivity index (χ3v) is 9.85. The minimum atomic E-state index is -3.73. The number of sulfone groups is 1. The van der Waals surface area contributed by atoms with Crippen molar-refractivity contribution in [2.45, 2.75) is 57.7 Å². The quantitative estimate of drug-likeness (QED) is 0.254. The fourth-order valence-corrected chi connectivity index (χ4v) is 7.71. The van der Waals surface area contributed by atoms with Crippen LogP contribution in [-0.2, 0) is 16.4 Å². The van der Waals surface area contributed by atoms with Crippen LogP contribution >= 0.6 is 11.6 Å². The third kappa shape index (κ3) is 7.08. The zero-order valence-electron chi connectivity index (χ0n) is 23.6. The largest absolute Gasteiger partial charge is 0.296 e. The molecule has 41 heavy (non-hydrogen) atoms. The predicted octanol–water partition coefficient (Wildman–Crippen LogP) is 7.63. The molecule has 2 aliphatic rings. The van der Waals surface area contributed by atoms with E-state index in [9.17, 15) is 17.2 Å². The first-order valence-electron chi connectivity index (χ1n) is 14.3. The van der Waals surface area contributed by atoms with E-state index < -0.39 is 21.5 Å². The Morgan fingerprint density at radius 3 is 2.02 bits per heavy atom. The maximum Gasteiger partial charge on any atom is 0.176 e. The molecule has 1 aliphatic carbocycles. The highest BCUT2D eigenvalue weighted by atomic mass is 35.5. The molecule has 0 amide bonds. The fraction of sp³-hybridized carbons (Fsp3) is 0.394. The number of rotatable bonds is 9. The van der Waals surface area contributed by atoms with Gasteiger partial charge in [-0.25, -0.2) is 17.2 Å². The van der Waals surface area contributed by atoms with Gasteiger partial charge in [0.25, 0.3) is 0 Å². The number of hydrogen-bond donors (Lipinski definition) is 0. The van der Waals surface area contributed by atoms with Crippen LogP contribution in [0.1, 0.15) is 67.3 Å². The van der Waals surface area contributed by atoms with Crippen LogP contribution in [0, 0.1) is 11.6 Å². The Morgan fingerprint density at radius 2 is 1.49 bits per heavy atom. The lowest BCUT2D eigenvalue weighted by Gasteiger charge is -2.42. The fourth-order valence-electron chi connectivity index (χ4n) is 6.38. The Labute approximate surface area is 247 Å². The van der Waals surface area contributed by atoms with Crippen molar-refractivity contribution in [3.05, 3.63) is 111 Å². The maximum atomic E-state index is 14.0. The minimum absolute atomic E-state index is 0.000256. The molecule has 218 valence electrons. The normalized spacial score (nSPS) is 17.5. The van der Waals surface area contributed by atoms with E-state index in [0.717, 1.165) is 48.7 Å². The summed E-state index contributed by atoms with van der Waals surface area (Å²) in [6, 6.07) is 19.8. The summed E-state index contributed by atoms with van der Waals surface area (Å²) in [5, 5.41) is 0.641. The average Bonchev–Trinajstić information content (AvgIpc) is 2.91. The van der Waals surface area contributed by atoms with Gasteiger partial charge >= 0.3 is 0 Å². The van der Waals surface area contributed by atoms with Gasteiger partial charge in [0.2, 0.25) is 0 Å². The second-order valence-electron chi connectivity index (χ2n) is 11.3. The van der Waals surface area contributed by atoms with Crippen LogP contribution in [0.25, 0.3) is 4.91 Å². The van der Waals surface area contributed by atoms with Gasteiger partial charge in [-0.1, -0.05) is 74.2 Å². The molecule has 1 heterocycles. The topological polar surface area (TPSA) is 40.6 Å². The summed E-state index contributed by atoms with van der Waals surface area (Å²) < 4.78 is 53.5. The maximum absolute atomic E-state index is 14.0. The molecule has 0 N–H and O–H groups in total. The van der Waals surface area contributed by atoms with Crippen molar-refractivity contribution < 1.29 is 17.2 Å². The Hall–Kier alpha value is -2.58. The highest BCUT2D eigenvalue weighted by Gasteiger charge is 2.35. The third-order valence-electron chi connectivity index (χ3n) is 8.33. The van der Waals surface area contributed by atoms with Crippen molar-refractivity contribution in [1.82, 2.24) is 9.80 Å². The first-order valence-corrected chi connectivity index (χ1v) is 16.6. The lowest BCUT2D eigenvalue weighted by molar-refractivity contribution is 0.156. The first kappa shape index (κ1) is 29.9. The van der Waals surface area contributed by atoms with Crippen LogP contribution in [0.5, 0.6) is 0 Å². The zero-order chi connectivity index (χ0) is 29.1. The van der Waals surface area contributed by atoms with Gasteiger partial charge in [0, 0.05) is 43.0 Å². The highest BCUT2D eigenvalue weighted by Crippen LogP contribution is 2.39. The summed E-state index contributed by atoms with van der Waals surface area (Å²) in [6.45, 7) is 4.91. The lowest BCUT2D eigenvalue weighted by atomic mass is 9.91. The second-order valence-corrected chi connectivity index (χ2v) is 13.7. The van der Waals surface area contributed by atoms with E-state index in [2.05, 4.69) is 41.0 Å². The SMILES string of the molecule is CCN(Cc1ccc([C@@H](c2ccc(Cl)cc2)N2CC(=C(c3cc(F)cc(F)c3)S(C)(=O)=O)C2)cc1)C1CCCCC1. The molecule has 1 saturated heterocycles. The molecule has 0 bridgehead atoms. The smallest absolute Gasteiger partial charge is 0.176 e. The lowest BCUT2D eigenvalue weighted by Crippen LogP contribution is -2.44. The van der Waals surface area contributed by atoms with Crippen LogP contribution in [0.2, 0.25) is 5.02 Å². The van der Waals surface area contributed by atoms with Crippen LogP contribution in [0.4, 0.5) is 8.78 Å². The molecule has 0 aromatic heterocycles. The number of halogens is 3. The molecule has 2 fully saturated rings. The molecular weight excluding hydrogens is 562 g/mol. The van der Waals surface area contributed by atoms with Gasteiger partial charge in [-0.3, -0.25) is 9.80 Å². The van der Waals surface area contributed by atoms with E-state index in [1.54, 1.807) is 0 Å². The van der Waals surface area contributed by atoms with Crippen molar-refractivity contribution in [3.8, 4) is 0 Å². The molecule has 3 aromatic carbocycles. The summed E-state index contributed by atoms with van der Waals surface area (Å²) in [5.74, 6) is -1.61. The van der Waals surface area contributed by atoms with Crippen molar-refractivity contribution >= 4 is 26.3 Å². The van der Waals surface area contributed by atoms with Crippen LogP contribution in [0.3, 0.4) is 0 Å². The van der Waals surface area contributed by atoms with Crippen molar-refractivity contribution in [2.75, 3.05) is 25.9 Å².